The number of carboxylic acid groups (broad SMARTS) is 4. The first-order valence-electron chi connectivity index (χ1n) is 5.29. The molecule has 26 heavy (non-hydrogen) atoms. The largest absolute Gasteiger partial charge is 0.855 e. The van der Waals surface area contributed by atoms with Gasteiger partial charge in [-0.25, -0.2) is 0 Å². The van der Waals surface area contributed by atoms with Gasteiger partial charge in [0.1, 0.15) is 0 Å². The lowest BCUT2D eigenvalue weighted by molar-refractivity contribution is -0.361. The molecule has 0 saturated heterocycles. The summed E-state index contributed by atoms with van der Waals surface area (Å²) in [5.74, 6) is -8.36. The maximum absolute atomic E-state index is 10.7. The number of aromatic carboxylic acids is 4. The van der Waals surface area contributed by atoms with Crippen molar-refractivity contribution in [3.8, 4) is 0 Å². The zero-order chi connectivity index (χ0) is 16.7. The van der Waals surface area contributed by atoms with Crippen LogP contribution in [-0.4, -0.2) is 30.5 Å². The van der Waals surface area contributed by atoms with Crippen LogP contribution in [0.15, 0.2) is 12.1 Å². The molecule has 154 valence electrons. The summed E-state index contributed by atoms with van der Waals surface area (Å²) in [4.78, 5) is 42.6. The number of rotatable bonds is 4. The number of carboxylic acids is 4. The van der Waals surface area contributed by atoms with Gasteiger partial charge in [-0.3, -0.25) is 0 Å². The Morgan fingerprint density at radius 1 is 0.654 bits per heavy atom. The van der Waals surface area contributed by atoms with Crippen LogP contribution in [0, 0.1) is 0 Å². The Morgan fingerprint density at radius 3 is 0.962 bits per heavy atom. The molecule has 14 nitrogen and oxygen atoms in total. The molecule has 0 aliphatic heterocycles. The van der Waals surface area contributed by atoms with E-state index in [1.165, 1.54) is 0 Å². The molecule has 0 aliphatic rings. The van der Waals surface area contributed by atoms with E-state index in [1.54, 1.807) is 6.92 Å². The first-order valence-corrected chi connectivity index (χ1v) is 5.29. The van der Waals surface area contributed by atoms with Crippen LogP contribution in [-0.2, 0) is 0 Å². The summed E-state index contributed by atoms with van der Waals surface area (Å²) in [5.41, 5.74) is -4.73. The van der Waals surface area contributed by atoms with Gasteiger partial charge in [0.15, 0.2) is 0 Å². The molecule has 0 heterocycles. The van der Waals surface area contributed by atoms with E-state index in [9.17, 15) is 39.6 Å². The van der Waals surface area contributed by atoms with Gasteiger partial charge in [-0.15, -0.1) is 6.61 Å². The molecule has 20 N–H and O–H groups in total. The Labute approximate surface area is 148 Å². The second kappa shape index (κ2) is 16.7. The Balaban J connectivity index is -0.000000117. The molecule has 0 atom stereocenters. The van der Waals surface area contributed by atoms with E-state index < -0.39 is 46.1 Å². The fraction of sp³-hybridized carbons (Fsp3) is 0.167. The van der Waals surface area contributed by atoms with Crippen molar-refractivity contribution >= 4 is 23.9 Å². The molecule has 1 aromatic carbocycles. The maximum Gasteiger partial charge on any atom is 0.0728 e. The van der Waals surface area contributed by atoms with Crippen molar-refractivity contribution in [1.29, 1.82) is 0 Å². The molecular weight excluding hydrogens is 358 g/mol. The number of quaternary nitrogens is 5. The topological polar surface area (TPSA) is 366 Å². The molecule has 1 rings (SSSR count). The minimum atomic E-state index is -2.18. The van der Waals surface area contributed by atoms with Crippen molar-refractivity contribution < 1.29 is 44.7 Å². The van der Waals surface area contributed by atoms with Gasteiger partial charge in [0.05, 0.1) is 23.9 Å². The molecule has 0 fully saturated rings. The van der Waals surface area contributed by atoms with Crippen LogP contribution in [0.4, 0.5) is 0 Å². The van der Waals surface area contributed by atoms with Crippen molar-refractivity contribution in [1.82, 2.24) is 30.8 Å². The summed E-state index contributed by atoms with van der Waals surface area (Å²) in [6.07, 6.45) is 0. The normalized spacial score (nSPS) is 7.46. The predicted molar refractivity (Wildman–Crippen MR) is 84.2 cm³/mol. The van der Waals surface area contributed by atoms with Crippen molar-refractivity contribution in [3.63, 3.8) is 0 Å². The van der Waals surface area contributed by atoms with Crippen LogP contribution in [0.5, 0.6) is 0 Å². The van der Waals surface area contributed by atoms with Gasteiger partial charge in [-0.1, -0.05) is 19.1 Å². The molecule has 0 unspecified atom stereocenters. The molecule has 0 bridgehead atoms. The predicted octanol–water partition coefficient (Wildman–Crippen LogP) is -3.61. The van der Waals surface area contributed by atoms with E-state index in [0.717, 1.165) is 0 Å². The Morgan fingerprint density at radius 2 is 0.846 bits per heavy atom. The summed E-state index contributed by atoms with van der Waals surface area (Å²) >= 11 is 0. The van der Waals surface area contributed by atoms with Gasteiger partial charge < -0.3 is 75.5 Å². The van der Waals surface area contributed by atoms with Gasteiger partial charge in [0, 0.05) is 22.3 Å². The maximum atomic E-state index is 10.7. The minimum absolute atomic E-state index is 0. The average Bonchev–Trinajstić information content (AvgIpc) is 2.37. The Kier molecular flexibility index (Phi) is 24.7. The number of benzene rings is 1. The Hall–Kier alpha value is -3.14. The zero-order valence-corrected chi connectivity index (χ0v) is 15.5. The Bertz CT molecular complexity index is 556. The molecule has 0 aliphatic carbocycles. The lowest BCUT2D eigenvalue weighted by Crippen LogP contribution is -2.37. The molecule has 14 heteroatoms. The molecule has 0 spiro atoms. The highest BCUT2D eigenvalue weighted by atomic mass is 16.4. The summed E-state index contributed by atoms with van der Waals surface area (Å²) in [7, 11) is 0. The highest BCUT2D eigenvalue weighted by Crippen LogP contribution is 2.18. The van der Waals surface area contributed by atoms with Gasteiger partial charge in [0.25, 0.3) is 0 Å². The van der Waals surface area contributed by atoms with Gasteiger partial charge in [-0.2, -0.15) is 0 Å². The van der Waals surface area contributed by atoms with Crippen LogP contribution in [0.2, 0.25) is 0 Å². The number of carbonyl (C=O) groups is 4. The van der Waals surface area contributed by atoms with Gasteiger partial charge in [-0.05, 0) is 0 Å². The highest BCUT2D eigenvalue weighted by Gasteiger charge is 2.16. The van der Waals surface area contributed by atoms with E-state index in [1.807, 2.05) is 0 Å². The third-order valence-electron chi connectivity index (χ3n) is 2.05. The summed E-state index contributed by atoms with van der Waals surface area (Å²) < 4.78 is 0. The van der Waals surface area contributed by atoms with Crippen molar-refractivity contribution in [3.05, 3.63) is 34.4 Å². The number of carbonyl (C=O) groups excluding carboxylic acids is 4. The number of hydrogen-bond acceptors (Lipinski definition) is 9. The fourth-order valence-corrected chi connectivity index (χ4v) is 1.37. The second-order valence-corrected chi connectivity index (χ2v) is 3.35. The third-order valence-corrected chi connectivity index (χ3v) is 2.05. The highest BCUT2D eigenvalue weighted by molar-refractivity contribution is 6.12. The summed E-state index contributed by atoms with van der Waals surface area (Å²) in [5, 5.41) is 51.6. The quantitative estimate of drug-likeness (QED) is 0.340. The molecule has 1 aromatic rings. The van der Waals surface area contributed by atoms with E-state index >= 15 is 0 Å². The molecular formula is C12H27N5O9. The van der Waals surface area contributed by atoms with Crippen molar-refractivity contribution in [2.24, 2.45) is 0 Å². The smallest absolute Gasteiger partial charge is 0.0728 e. The monoisotopic (exact) mass is 385 g/mol. The van der Waals surface area contributed by atoms with Crippen LogP contribution in [0.25, 0.3) is 0 Å². The van der Waals surface area contributed by atoms with Crippen LogP contribution in [0.1, 0.15) is 48.4 Å². The van der Waals surface area contributed by atoms with Crippen molar-refractivity contribution in [2.75, 3.05) is 6.61 Å². The van der Waals surface area contributed by atoms with Crippen LogP contribution >= 0.6 is 0 Å². The fourth-order valence-electron chi connectivity index (χ4n) is 1.37. The molecule has 0 amide bonds. The minimum Gasteiger partial charge on any atom is -0.855 e. The summed E-state index contributed by atoms with van der Waals surface area (Å²) in [6.45, 7) is 1.57. The molecule has 0 saturated carbocycles. The molecule has 0 radical (unpaired) electrons. The van der Waals surface area contributed by atoms with Crippen molar-refractivity contribution in [2.45, 2.75) is 6.92 Å². The zero-order valence-electron chi connectivity index (χ0n) is 15.5. The third kappa shape index (κ3) is 9.23. The first-order chi connectivity index (χ1) is 9.68. The second-order valence-electron chi connectivity index (χ2n) is 3.35. The van der Waals surface area contributed by atoms with Gasteiger partial charge in [0.2, 0.25) is 0 Å². The number of hydrogen-bond donors (Lipinski definition) is 5. The van der Waals surface area contributed by atoms with Crippen LogP contribution in [0.3, 0.4) is 0 Å². The SMILES string of the molecule is CC[O-].O=C([O-])c1ccc(C(=O)[O-])c(C(=O)[O-])c1C(=O)[O-].[NH4+].[NH4+].[NH4+].[NH4+].[NH4+]. The molecule has 0 aromatic heterocycles. The van der Waals surface area contributed by atoms with E-state index in [4.69, 9.17) is 5.11 Å². The summed E-state index contributed by atoms with van der Waals surface area (Å²) in [6, 6.07) is 1.14. The van der Waals surface area contributed by atoms with E-state index in [0.29, 0.717) is 12.1 Å². The first kappa shape index (κ1) is 38.4. The van der Waals surface area contributed by atoms with E-state index in [2.05, 4.69) is 0 Å². The lowest BCUT2D eigenvalue weighted by atomic mass is 9.95. The standard InChI is InChI=1S/C10H6O8.C2H5O.5H3N/c11-7(12)3-1-2-4(8(13)14)6(10(17)18)5(3)9(15)16;1-2-3;;;;;/h1-2H,(H,11,12)(H,13,14)(H,15,16)(H,17,18);2H2,1H3;5*1H3/q;-1;;;;;/p+1. The van der Waals surface area contributed by atoms with E-state index in [-0.39, 0.29) is 37.4 Å². The lowest BCUT2D eigenvalue weighted by Gasteiger charge is -2.20. The van der Waals surface area contributed by atoms with Crippen LogP contribution < -0.4 is 56.3 Å². The van der Waals surface area contributed by atoms with Gasteiger partial charge >= 0.3 is 0 Å². The average molecular weight is 385 g/mol.